The van der Waals surface area contributed by atoms with Crippen LogP contribution in [-0.4, -0.2) is 9.97 Å². The van der Waals surface area contributed by atoms with Gasteiger partial charge in [0.15, 0.2) is 0 Å². The fourth-order valence-corrected chi connectivity index (χ4v) is 3.29. The first-order chi connectivity index (χ1) is 9.63. The molecule has 0 aliphatic carbocycles. The molecule has 0 aliphatic rings. The fraction of sp³-hybridized carbons (Fsp3) is 0. The summed E-state index contributed by atoms with van der Waals surface area (Å²) in [5.74, 6) is 0. The first kappa shape index (κ1) is 14.0. The van der Waals surface area contributed by atoms with Crippen molar-refractivity contribution in [2.24, 2.45) is 0 Å². The molecule has 0 radical (unpaired) electrons. The number of hydrogen-bond donors (Lipinski definition) is 0. The second-order valence-corrected chi connectivity index (χ2v) is 6.21. The SMILES string of the molecule is Clc1nc(Sc2ccc(Cl)c(Cl)c2)c2ccccc2n1. The third kappa shape index (κ3) is 2.86. The zero-order chi connectivity index (χ0) is 14.1. The van der Waals surface area contributed by atoms with Gasteiger partial charge >= 0.3 is 0 Å². The van der Waals surface area contributed by atoms with Crippen LogP contribution in [0.4, 0.5) is 0 Å². The monoisotopic (exact) mass is 340 g/mol. The number of halogens is 3. The summed E-state index contributed by atoms with van der Waals surface area (Å²) < 4.78 is 0. The Hall–Kier alpha value is -1.00. The lowest BCUT2D eigenvalue weighted by atomic mass is 10.2. The van der Waals surface area contributed by atoms with Crippen LogP contribution in [-0.2, 0) is 0 Å². The lowest BCUT2D eigenvalue weighted by Gasteiger charge is -2.06. The van der Waals surface area contributed by atoms with Gasteiger partial charge in [0.25, 0.3) is 0 Å². The van der Waals surface area contributed by atoms with E-state index in [1.54, 1.807) is 12.1 Å². The van der Waals surface area contributed by atoms with Crippen molar-refractivity contribution in [3.8, 4) is 0 Å². The van der Waals surface area contributed by atoms with Crippen LogP contribution in [0.3, 0.4) is 0 Å². The molecule has 3 aromatic rings. The Morgan fingerprint density at radius 1 is 0.850 bits per heavy atom. The molecule has 0 bridgehead atoms. The average molecular weight is 342 g/mol. The molecule has 100 valence electrons. The van der Waals surface area contributed by atoms with Crippen LogP contribution in [0.2, 0.25) is 15.3 Å². The second-order valence-electron chi connectivity index (χ2n) is 3.99. The Labute approximate surface area is 135 Å². The maximum atomic E-state index is 6.03. The molecular formula is C14H7Cl3N2S. The number of rotatable bonds is 2. The van der Waals surface area contributed by atoms with Gasteiger partial charge in [-0.3, -0.25) is 0 Å². The Kier molecular flexibility index (Phi) is 4.03. The van der Waals surface area contributed by atoms with Crippen molar-refractivity contribution in [1.29, 1.82) is 0 Å². The van der Waals surface area contributed by atoms with Crippen molar-refractivity contribution in [3.63, 3.8) is 0 Å². The molecule has 0 atom stereocenters. The third-order valence-corrected chi connectivity index (χ3v) is 4.55. The maximum Gasteiger partial charge on any atom is 0.224 e. The topological polar surface area (TPSA) is 25.8 Å². The normalized spacial score (nSPS) is 10.9. The predicted octanol–water partition coefficient (Wildman–Crippen LogP) is 5.74. The Balaban J connectivity index is 2.07. The molecule has 1 aromatic heterocycles. The highest BCUT2D eigenvalue weighted by Crippen LogP contribution is 2.35. The summed E-state index contributed by atoms with van der Waals surface area (Å²) >= 11 is 19.4. The van der Waals surface area contributed by atoms with E-state index < -0.39 is 0 Å². The zero-order valence-electron chi connectivity index (χ0n) is 9.98. The van der Waals surface area contributed by atoms with Crippen molar-refractivity contribution in [3.05, 3.63) is 57.8 Å². The van der Waals surface area contributed by atoms with Crippen molar-refractivity contribution < 1.29 is 0 Å². The molecule has 0 saturated carbocycles. The summed E-state index contributed by atoms with van der Waals surface area (Å²) in [6.45, 7) is 0. The highest BCUT2D eigenvalue weighted by molar-refractivity contribution is 7.99. The molecule has 0 N–H and O–H groups in total. The van der Waals surface area contributed by atoms with E-state index in [-0.39, 0.29) is 5.28 Å². The molecule has 3 rings (SSSR count). The zero-order valence-corrected chi connectivity index (χ0v) is 13.1. The molecule has 0 spiro atoms. The summed E-state index contributed by atoms with van der Waals surface area (Å²) in [5, 5.41) is 3.01. The molecule has 0 fully saturated rings. The van der Waals surface area contributed by atoms with Crippen LogP contribution in [0.1, 0.15) is 0 Å². The van der Waals surface area contributed by atoms with Crippen molar-refractivity contribution in [2.75, 3.05) is 0 Å². The van der Waals surface area contributed by atoms with Crippen molar-refractivity contribution in [1.82, 2.24) is 9.97 Å². The van der Waals surface area contributed by atoms with E-state index in [0.717, 1.165) is 20.8 Å². The summed E-state index contributed by atoms with van der Waals surface area (Å²) in [6.07, 6.45) is 0. The molecule has 0 amide bonds. The van der Waals surface area contributed by atoms with Crippen LogP contribution in [0.15, 0.2) is 52.4 Å². The van der Waals surface area contributed by atoms with E-state index in [1.807, 2.05) is 30.3 Å². The molecule has 20 heavy (non-hydrogen) atoms. The average Bonchev–Trinajstić information content (AvgIpc) is 2.43. The van der Waals surface area contributed by atoms with Crippen molar-refractivity contribution in [2.45, 2.75) is 9.92 Å². The van der Waals surface area contributed by atoms with Crippen LogP contribution < -0.4 is 0 Å². The Bertz CT molecular complexity index is 792. The number of fused-ring (bicyclic) bond motifs is 1. The molecule has 1 heterocycles. The minimum atomic E-state index is 0.228. The number of nitrogens with zero attached hydrogens (tertiary/aromatic N) is 2. The molecule has 2 aromatic carbocycles. The molecular weight excluding hydrogens is 335 g/mol. The van der Waals surface area contributed by atoms with Crippen LogP contribution >= 0.6 is 46.6 Å². The number of para-hydroxylation sites is 1. The van der Waals surface area contributed by atoms with Gasteiger partial charge in [0.05, 0.1) is 15.6 Å². The van der Waals surface area contributed by atoms with Gasteiger partial charge < -0.3 is 0 Å². The number of benzene rings is 2. The Morgan fingerprint density at radius 3 is 2.45 bits per heavy atom. The molecule has 6 heteroatoms. The smallest absolute Gasteiger partial charge is 0.218 e. The molecule has 0 aliphatic heterocycles. The highest BCUT2D eigenvalue weighted by atomic mass is 35.5. The fourth-order valence-electron chi connectivity index (χ4n) is 1.75. The van der Waals surface area contributed by atoms with E-state index in [9.17, 15) is 0 Å². The van der Waals surface area contributed by atoms with Crippen LogP contribution in [0, 0.1) is 0 Å². The first-order valence-corrected chi connectivity index (χ1v) is 7.64. The second kappa shape index (κ2) is 5.78. The lowest BCUT2D eigenvalue weighted by molar-refractivity contribution is 1.10. The molecule has 2 nitrogen and oxygen atoms in total. The quantitative estimate of drug-likeness (QED) is 0.439. The first-order valence-electron chi connectivity index (χ1n) is 5.69. The Morgan fingerprint density at radius 2 is 1.65 bits per heavy atom. The highest BCUT2D eigenvalue weighted by Gasteiger charge is 2.09. The summed E-state index contributed by atoms with van der Waals surface area (Å²) in [5.41, 5.74) is 0.815. The van der Waals surface area contributed by atoms with Gasteiger partial charge in [0.1, 0.15) is 5.03 Å². The van der Waals surface area contributed by atoms with Gasteiger partial charge in [-0.15, -0.1) is 0 Å². The van der Waals surface area contributed by atoms with Gasteiger partial charge in [-0.1, -0.05) is 53.2 Å². The van der Waals surface area contributed by atoms with E-state index in [0.29, 0.717) is 10.0 Å². The van der Waals surface area contributed by atoms with Gasteiger partial charge in [0, 0.05) is 10.3 Å². The van der Waals surface area contributed by atoms with E-state index in [2.05, 4.69) is 9.97 Å². The standard InChI is InChI=1S/C14H7Cl3N2S/c15-10-6-5-8(7-11(10)16)20-13-9-3-1-2-4-12(9)18-14(17)19-13/h1-7H. The van der Waals surface area contributed by atoms with E-state index >= 15 is 0 Å². The largest absolute Gasteiger partial charge is 0.224 e. The van der Waals surface area contributed by atoms with Crippen LogP contribution in [0.5, 0.6) is 0 Å². The summed E-state index contributed by atoms with van der Waals surface area (Å²) in [7, 11) is 0. The van der Waals surface area contributed by atoms with E-state index in [1.165, 1.54) is 11.8 Å². The van der Waals surface area contributed by atoms with Gasteiger partial charge in [-0.05, 0) is 35.9 Å². The van der Waals surface area contributed by atoms with Crippen LogP contribution in [0.25, 0.3) is 10.9 Å². The van der Waals surface area contributed by atoms with E-state index in [4.69, 9.17) is 34.8 Å². The summed E-state index contributed by atoms with van der Waals surface area (Å²) in [4.78, 5) is 9.44. The lowest BCUT2D eigenvalue weighted by Crippen LogP contribution is -1.89. The minimum absolute atomic E-state index is 0.228. The summed E-state index contributed by atoms with van der Waals surface area (Å²) in [6, 6.07) is 13.2. The van der Waals surface area contributed by atoms with Gasteiger partial charge in [-0.25, -0.2) is 9.97 Å². The predicted molar refractivity (Wildman–Crippen MR) is 85.1 cm³/mol. The van der Waals surface area contributed by atoms with Crippen molar-refractivity contribution >= 4 is 57.5 Å². The molecule has 0 saturated heterocycles. The number of hydrogen-bond acceptors (Lipinski definition) is 3. The number of aromatic nitrogens is 2. The van der Waals surface area contributed by atoms with Gasteiger partial charge in [0.2, 0.25) is 5.28 Å². The minimum Gasteiger partial charge on any atom is -0.218 e. The molecule has 0 unspecified atom stereocenters. The third-order valence-electron chi connectivity index (χ3n) is 2.65. The maximum absolute atomic E-state index is 6.03. The van der Waals surface area contributed by atoms with Gasteiger partial charge in [-0.2, -0.15) is 0 Å².